The van der Waals surface area contributed by atoms with E-state index >= 15 is 0 Å². The van der Waals surface area contributed by atoms with Gasteiger partial charge in [-0.15, -0.1) is 0 Å². The van der Waals surface area contributed by atoms with Gasteiger partial charge < -0.3 is 11.1 Å². The molecule has 1 amide bonds. The molecule has 0 aromatic carbocycles. The summed E-state index contributed by atoms with van der Waals surface area (Å²) in [7, 11) is 0. The number of rotatable bonds is 5. The highest BCUT2D eigenvalue weighted by Crippen LogP contribution is 2.26. The van der Waals surface area contributed by atoms with Crippen LogP contribution in [0.1, 0.15) is 51.9 Å². The van der Waals surface area contributed by atoms with Gasteiger partial charge in [-0.25, -0.2) is 0 Å². The van der Waals surface area contributed by atoms with Crippen LogP contribution in [0.25, 0.3) is 0 Å². The summed E-state index contributed by atoms with van der Waals surface area (Å²) in [5.41, 5.74) is 5.43. The number of hydrogen-bond donors (Lipinski definition) is 2. The molecular weight excluding hydrogens is 220 g/mol. The average molecular weight is 242 g/mol. The maximum Gasteiger partial charge on any atom is 0.220 e. The van der Waals surface area contributed by atoms with Gasteiger partial charge in [0.1, 0.15) is 0 Å². The average Bonchev–Trinajstić information content (AvgIpc) is 2.17. The van der Waals surface area contributed by atoms with E-state index in [1.807, 2.05) is 6.92 Å². The molecule has 1 atom stereocenters. The van der Waals surface area contributed by atoms with E-state index in [1.165, 1.54) is 32.1 Å². The van der Waals surface area contributed by atoms with Crippen LogP contribution in [0.4, 0.5) is 0 Å². The second kappa shape index (κ2) is 6.84. The van der Waals surface area contributed by atoms with Crippen molar-refractivity contribution in [2.24, 2.45) is 11.7 Å². The van der Waals surface area contributed by atoms with Gasteiger partial charge in [-0.2, -0.15) is 0 Å². The predicted octanol–water partition coefficient (Wildman–Crippen LogP) is 2.14. The predicted molar refractivity (Wildman–Crippen MR) is 70.2 cm³/mol. The summed E-state index contributed by atoms with van der Waals surface area (Å²) in [6, 6.07) is 0.0635. The second-order valence-corrected chi connectivity index (χ2v) is 5.37. The van der Waals surface area contributed by atoms with Gasteiger partial charge in [-0.3, -0.25) is 4.79 Å². The molecule has 0 aliphatic heterocycles. The van der Waals surface area contributed by atoms with Crippen molar-refractivity contribution in [3.05, 3.63) is 0 Å². The van der Waals surface area contributed by atoms with Crippen molar-refractivity contribution in [2.75, 3.05) is 0 Å². The van der Waals surface area contributed by atoms with E-state index in [0.29, 0.717) is 23.7 Å². The fourth-order valence-electron chi connectivity index (χ4n) is 2.34. The van der Waals surface area contributed by atoms with Gasteiger partial charge in [0.15, 0.2) is 0 Å². The third-order valence-electron chi connectivity index (χ3n) is 3.11. The van der Waals surface area contributed by atoms with Crippen molar-refractivity contribution >= 4 is 23.1 Å². The Hall–Kier alpha value is -0.640. The van der Waals surface area contributed by atoms with E-state index < -0.39 is 0 Å². The minimum atomic E-state index is 0.0635. The maximum atomic E-state index is 11.7. The molecule has 0 bridgehead atoms. The standard InChI is InChI=1S/C12H22N2OS/c1-9(7-11(13)16)14-12(15)8-10-5-3-2-4-6-10/h9-10H,2-8H2,1H3,(H2,13,16)(H,14,15). The van der Waals surface area contributed by atoms with Gasteiger partial charge in [-0.1, -0.05) is 31.5 Å². The lowest BCUT2D eigenvalue weighted by atomic mass is 9.87. The highest BCUT2D eigenvalue weighted by molar-refractivity contribution is 7.80. The Morgan fingerprint density at radius 2 is 2.06 bits per heavy atom. The molecule has 0 aromatic heterocycles. The van der Waals surface area contributed by atoms with Gasteiger partial charge >= 0.3 is 0 Å². The largest absolute Gasteiger partial charge is 0.393 e. The van der Waals surface area contributed by atoms with Crippen LogP contribution in [0.15, 0.2) is 0 Å². The Balaban J connectivity index is 2.21. The first-order valence-corrected chi connectivity index (χ1v) is 6.56. The van der Waals surface area contributed by atoms with Crippen LogP contribution in [-0.4, -0.2) is 16.9 Å². The fraction of sp³-hybridized carbons (Fsp3) is 0.833. The Bertz CT molecular complexity index is 249. The van der Waals surface area contributed by atoms with Crippen molar-refractivity contribution < 1.29 is 4.79 Å². The third-order valence-corrected chi connectivity index (χ3v) is 3.28. The number of thiocarbonyl (C=S) groups is 1. The molecular formula is C12H22N2OS. The van der Waals surface area contributed by atoms with Crippen molar-refractivity contribution in [3.63, 3.8) is 0 Å². The number of amides is 1. The highest BCUT2D eigenvalue weighted by Gasteiger charge is 2.17. The van der Waals surface area contributed by atoms with E-state index in [-0.39, 0.29) is 11.9 Å². The molecule has 0 saturated heterocycles. The van der Waals surface area contributed by atoms with Gasteiger partial charge in [-0.05, 0) is 25.7 Å². The van der Waals surface area contributed by atoms with E-state index in [9.17, 15) is 4.79 Å². The molecule has 3 nitrogen and oxygen atoms in total. The van der Waals surface area contributed by atoms with Crippen LogP contribution in [0.2, 0.25) is 0 Å². The zero-order chi connectivity index (χ0) is 12.0. The van der Waals surface area contributed by atoms with Gasteiger partial charge in [0.2, 0.25) is 5.91 Å². The summed E-state index contributed by atoms with van der Waals surface area (Å²) in [4.78, 5) is 12.2. The molecule has 0 spiro atoms. The van der Waals surface area contributed by atoms with Gasteiger partial charge in [0.25, 0.3) is 0 Å². The summed E-state index contributed by atoms with van der Waals surface area (Å²) >= 11 is 4.81. The molecule has 16 heavy (non-hydrogen) atoms. The van der Waals surface area contributed by atoms with Crippen molar-refractivity contribution in [1.82, 2.24) is 5.32 Å². The number of nitrogens with one attached hydrogen (secondary N) is 1. The first-order chi connectivity index (χ1) is 7.58. The molecule has 3 N–H and O–H groups in total. The number of carbonyl (C=O) groups is 1. The highest BCUT2D eigenvalue weighted by atomic mass is 32.1. The molecule has 0 heterocycles. The maximum absolute atomic E-state index is 11.7. The van der Waals surface area contributed by atoms with E-state index in [1.54, 1.807) is 0 Å². The van der Waals surface area contributed by atoms with E-state index in [0.717, 1.165) is 0 Å². The van der Waals surface area contributed by atoms with Crippen molar-refractivity contribution in [3.8, 4) is 0 Å². The minimum absolute atomic E-state index is 0.0635. The zero-order valence-electron chi connectivity index (χ0n) is 10.00. The van der Waals surface area contributed by atoms with Crippen LogP contribution in [0, 0.1) is 5.92 Å². The molecule has 1 unspecified atom stereocenters. The number of carbonyl (C=O) groups excluding carboxylic acids is 1. The Morgan fingerprint density at radius 1 is 1.44 bits per heavy atom. The molecule has 0 aromatic rings. The summed E-state index contributed by atoms with van der Waals surface area (Å²) in [5.74, 6) is 0.737. The van der Waals surface area contributed by atoms with Crippen LogP contribution < -0.4 is 11.1 Å². The Labute approximate surface area is 103 Å². The topological polar surface area (TPSA) is 55.1 Å². The molecule has 1 saturated carbocycles. The van der Waals surface area contributed by atoms with E-state index in [4.69, 9.17) is 18.0 Å². The Morgan fingerprint density at radius 3 is 2.62 bits per heavy atom. The monoisotopic (exact) mass is 242 g/mol. The van der Waals surface area contributed by atoms with Crippen molar-refractivity contribution in [2.45, 2.75) is 57.9 Å². The molecule has 1 aliphatic carbocycles. The van der Waals surface area contributed by atoms with Crippen LogP contribution >= 0.6 is 12.2 Å². The molecule has 1 aliphatic rings. The molecule has 4 heteroatoms. The lowest BCUT2D eigenvalue weighted by molar-refractivity contribution is -0.122. The zero-order valence-corrected chi connectivity index (χ0v) is 10.8. The SMILES string of the molecule is CC(CC(N)=S)NC(=O)CC1CCCCC1. The normalized spacial score (nSPS) is 19.1. The van der Waals surface area contributed by atoms with Crippen molar-refractivity contribution in [1.29, 1.82) is 0 Å². The first-order valence-electron chi connectivity index (χ1n) is 6.15. The molecule has 1 rings (SSSR count). The molecule has 0 radical (unpaired) electrons. The number of nitrogens with two attached hydrogens (primary N) is 1. The first kappa shape index (κ1) is 13.4. The second-order valence-electron chi connectivity index (χ2n) is 4.85. The minimum Gasteiger partial charge on any atom is -0.393 e. The lowest BCUT2D eigenvalue weighted by Crippen LogP contribution is -2.36. The summed E-state index contributed by atoms with van der Waals surface area (Å²) in [6.07, 6.45) is 7.55. The van der Waals surface area contributed by atoms with E-state index in [2.05, 4.69) is 5.32 Å². The number of hydrogen-bond acceptors (Lipinski definition) is 2. The quantitative estimate of drug-likeness (QED) is 0.726. The summed E-state index contributed by atoms with van der Waals surface area (Å²) < 4.78 is 0. The molecule has 92 valence electrons. The molecule has 1 fully saturated rings. The summed E-state index contributed by atoms with van der Waals surface area (Å²) in [6.45, 7) is 1.94. The third kappa shape index (κ3) is 5.45. The Kier molecular flexibility index (Phi) is 5.74. The lowest BCUT2D eigenvalue weighted by Gasteiger charge is -2.22. The van der Waals surface area contributed by atoms with Crippen LogP contribution in [-0.2, 0) is 4.79 Å². The smallest absolute Gasteiger partial charge is 0.220 e. The van der Waals surface area contributed by atoms with Gasteiger partial charge in [0.05, 0.1) is 4.99 Å². The van der Waals surface area contributed by atoms with Gasteiger partial charge in [0, 0.05) is 18.9 Å². The summed E-state index contributed by atoms with van der Waals surface area (Å²) in [5, 5.41) is 2.95. The fourth-order valence-corrected chi connectivity index (χ4v) is 2.59. The van der Waals surface area contributed by atoms with Crippen LogP contribution in [0.5, 0.6) is 0 Å². The van der Waals surface area contributed by atoms with Crippen LogP contribution in [0.3, 0.4) is 0 Å².